The number of hydrogen-bond donors (Lipinski definition) is 1. The monoisotopic (exact) mass is 324 g/mol. The first-order chi connectivity index (χ1) is 10.1. The normalized spacial score (nSPS) is 21.9. The summed E-state index contributed by atoms with van der Waals surface area (Å²) < 4.78 is 8.82. The Morgan fingerprint density at radius 3 is 2.86 bits per heavy atom. The standard InChI is InChI=1S/C15H21ClN4S/c1-4-15(5-2)9-20(10(3)8-17-15)14-11(16)6-7-12-13(14)19-21-18-12/h6-7,10,17H,4-5,8-9H2,1-3H3. The largest absolute Gasteiger partial charge is 0.363 e. The molecule has 4 nitrogen and oxygen atoms in total. The van der Waals surface area contributed by atoms with Gasteiger partial charge in [-0.15, -0.1) is 0 Å². The number of piperazine rings is 1. The van der Waals surface area contributed by atoms with Gasteiger partial charge in [0.2, 0.25) is 0 Å². The molecular weight excluding hydrogens is 304 g/mol. The highest BCUT2D eigenvalue weighted by Gasteiger charge is 2.36. The molecule has 1 N–H and O–H groups in total. The van der Waals surface area contributed by atoms with Crippen molar-refractivity contribution >= 4 is 40.0 Å². The molecule has 1 unspecified atom stereocenters. The molecule has 0 aliphatic carbocycles. The van der Waals surface area contributed by atoms with Crippen LogP contribution in [0, 0.1) is 0 Å². The highest BCUT2D eigenvalue weighted by Crippen LogP contribution is 2.37. The van der Waals surface area contributed by atoms with Gasteiger partial charge in [-0.3, -0.25) is 0 Å². The first-order valence-corrected chi connectivity index (χ1v) is 8.63. The second kappa shape index (κ2) is 5.71. The number of nitrogens with zero attached hydrogens (tertiary/aromatic N) is 3. The van der Waals surface area contributed by atoms with E-state index in [4.69, 9.17) is 11.6 Å². The van der Waals surface area contributed by atoms with Crippen molar-refractivity contribution in [3.8, 4) is 0 Å². The second-order valence-electron chi connectivity index (χ2n) is 5.87. The Balaban J connectivity index is 2.07. The first-order valence-electron chi connectivity index (χ1n) is 7.52. The SMILES string of the molecule is CCC1(CC)CN(c2c(Cl)ccc3nsnc23)C(C)CN1. The summed E-state index contributed by atoms with van der Waals surface area (Å²) in [7, 11) is 0. The van der Waals surface area contributed by atoms with Gasteiger partial charge in [-0.05, 0) is 31.9 Å². The molecule has 3 rings (SSSR count). The minimum Gasteiger partial charge on any atom is -0.363 e. The molecule has 2 aromatic rings. The zero-order valence-corrected chi connectivity index (χ0v) is 14.3. The number of rotatable bonds is 3. The third-order valence-electron chi connectivity index (χ3n) is 4.77. The maximum Gasteiger partial charge on any atom is 0.129 e. The van der Waals surface area contributed by atoms with E-state index in [9.17, 15) is 0 Å². The van der Waals surface area contributed by atoms with E-state index in [1.807, 2.05) is 12.1 Å². The Kier molecular flexibility index (Phi) is 4.08. The molecule has 0 saturated carbocycles. The Labute approximate surface area is 134 Å². The lowest BCUT2D eigenvalue weighted by Gasteiger charge is -2.47. The van der Waals surface area contributed by atoms with Gasteiger partial charge in [0.05, 0.1) is 22.4 Å². The maximum absolute atomic E-state index is 6.51. The second-order valence-corrected chi connectivity index (χ2v) is 6.81. The van der Waals surface area contributed by atoms with Gasteiger partial charge in [0.25, 0.3) is 0 Å². The fourth-order valence-electron chi connectivity index (χ4n) is 3.12. The number of aromatic nitrogens is 2. The van der Waals surface area contributed by atoms with Crippen LogP contribution in [0.3, 0.4) is 0 Å². The number of anilines is 1. The number of fused-ring (bicyclic) bond motifs is 1. The number of halogens is 1. The zero-order chi connectivity index (χ0) is 15.0. The van der Waals surface area contributed by atoms with Crippen LogP contribution in [0.15, 0.2) is 12.1 Å². The van der Waals surface area contributed by atoms with Crippen LogP contribution in [0.5, 0.6) is 0 Å². The van der Waals surface area contributed by atoms with Crippen molar-refractivity contribution in [3.63, 3.8) is 0 Å². The van der Waals surface area contributed by atoms with Gasteiger partial charge >= 0.3 is 0 Å². The van der Waals surface area contributed by atoms with E-state index in [0.29, 0.717) is 6.04 Å². The maximum atomic E-state index is 6.51. The van der Waals surface area contributed by atoms with Gasteiger partial charge in [0.1, 0.15) is 11.0 Å². The molecule has 21 heavy (non-hydrogen) atoms. The van der Waals surface area contributed by atoms with Crippen LogP contribution in [0.4, 0.5) is 5.69 Å². The van der Waals surface area contributed by atoms with Crippen LogP contribution < -0.4 is 10.2 Å². The van der Waals surface area contributed by atoms with E-state index in [2.05, 4.69) is 39.7 Å². The van der Waals surface area contributed by atoms with Gasteiger partial charge in [0, 0.05) is 24.7 Å². The van der Waals surface area contributed by atoms with Crippen molar-refractivity contribution < 1.29 is 0 Å². The number of hydrogen-bond acceptors (Lipinski definition) is 5. The Bertz CT molecular complexity index is 638. The van der Waals surface area contributed by atoms with E-state index in [-0.39, 0.29) is 5.54 Å². The van der Waals surface area contributed by atoms with Crippen LogP contribution in [-0.4, -0.2) is 33.4 Å². The van der Waals surface area contributed by atoms with Crippen LogP contribution in [0.1, 0.15) is 33.6 Å². The average Bonchev–Trinajstić information content (AvgIpc) is 2.97. The van der Waals surface area contributed by atoms with Crippen LogP contribution in [-0.2, 0) is 0 Å². The predicted molar refractivity (Wildman–Crippen MR) is 90.5 cm³/mol. The first kappa shape index (κ1) is 15.0. The molecule has 0 bridgehead atoms. The molecule has 0 radical (unpaired) electrons. The van der Waals surface area contributed by atoms with E-state index < -0.39 is 0 Å². The number of benzene rings is 1. The van der Waals surface area contributed by atoms with Crippen molar-refractivity contribution in [3.05, 3.63) is 17.2 Å². The van der Waals surface area contributed by atoms with E-state index in [1.165, 1.54) is 11.7 Å². The summed E-state index contributed by atoms with van der Waals surface area (Å²) in [5.41, 5.74) is 3.07. The smallest absolute Gasteiger partial charge is 0.129 e. The van der Waals surface area contributed by atoms with Crippen molar-refractivity contribution in [2.75, 3.05) is 18.0 Å². The minimum absolute atomic E-state index is 0.154. The lowest BCUT2D eigenvalue weighted by molar-refractivity contribution is 0.254. The van der Waals surface area contributed by atoms with E-state index in [1.54, 1.807) is 0 Å². The molecule has 1 atom stereocenters. The van der Waals surface area contributed by atoms with Gasteiger partial charge < -0.3 is 10.2 Å². The molecule has 1 saturated heterocycles. The lowest BCUT2D eigenvalue weighted by atomic mass is 9.88. The highest BCUT2D eigenvalue weighted by molar-refractivity contribution is 7.00. The molecule has 114 valence electrons. The van der Waals surface area contributed by atoms with Gasteiger partial charge in [-0.1, -0.05) is 25.4 Å². The van der Waals surface area contributed by atoms with Crippen molar-refractivity contribution in [2.24, 2.45) is 0 Å². The van der Waals surface area contributed by atoms with Crippen LogP contribution >= 0.6 is 23.3 Å². The van der Waals surface area contributed by atoms with Gasteiger partial charge in [-0.25, -0.2) is 0 Å². The summed E-state index contributed by atoms with van der Waals surface area (Å²) in [6, 6.07) is 4.28. The zero-order valence-electron chi connectivity index (χ0n) is 12.7. The molecule has 2 heterocycles. The average molecular weight is 325 g/mol. The summed E-state index contributed by atoms with van der Waals surface area (Å²) >= 11 is 7.76. The molecule has 0 amide bonds. The van der Waals surface area contributed by atoms with Gasteiger partial charge in [-0.2, -0.15) is 8.75 Å². The van der Waals surface area contributed by atoms with Crippen LogP contribution in [0.25, 0.3) is 11.0 Å². The van der Waals surface area contributed by atoms with E-state index >= 15 is 0 Å². The summed E-state index contributed by atoms with van der Waals surface area (Å²) in [5.74, 6) is 0. The topological polar surface area (TPSA) is 41.1 Å². The van der Waals surface area contributed by atoms with Gasteiger partial charge in [0.15, 0.2) is 0 Å². The summed E-state index contributed by atoms with van der Waals surface area (Å²) in [6.07, 6.45) is 2.21. The fourth-order valence-corrected chi connectivity index (χ4v) is 3.92. The molecule has 1 fully saturated rings. The molecule has 1 aromatic carbocycles. The van der Waals surface area contributed by atoms with E-state index in [0.717, 1.165) is 47.7 Å². The Hall–Kier alpha value is -0.910. The predicted octanol–water partition coefficient (Wildman–Crippen LogP) is 3.70. The quantitative estimate of drug-likeness (QED) is 0.934. The van der Waals surface area contributed by atoms with Crippen LogP contribution in [0.2, 0.25) is 5.02 Å². The molecule has 0 spiro atoms. The summed E-state index contributed by atoms with van der Waals surface area (Å²) in [4.78, 5) is 2.41. The Morgan fingerprint density at radius 2 is 2.14 bits per heavy atom. The summed E-state index contributed by atoms with van der Waals surface area (Å²) in [5, 5.41) is 4.49. The van der Waals surface area contributed by atoms with Crippen molar-refractivity contribution in [2.45, 2.75) is 45.2 Å². The third kappa shape index (κ3) is 2.51. The highest BCUT2D eigenvalue weighted by atomic mass is 35.5. The molecule has 1 aliphatic heterocycles. The molecule has 6 heteroatoms. The number of nitrogens with one attached hydrogen (secondary N) is 1. The van der Waals surface area contributed by atoms with Crippen molar-refractivity contribution in [1.82, 2.24) is 14.1 Å². The lowest BCUT2D eigenvalue weighted by Crippen LogP contribution is -2.63. The third-order valence-corrected chi connectivity index (χ3v) is 5.62. The molecular formula is C15H21ClN4S. The molecule has 1 aliphatic rings. The minimum atomic E-state index is 0.154. The fraction of sp³-hybridized carbons (Fsp3) is 0.600. The van der Waals surface area contributed by atoms with Crippen molar-refractivity contribution in [1.29, 1.82) is 0 Å². The Morgan fingerprint density at radius 1 is 1.38 bits per heavy atom. The summed E-state index contributed by atoms with van der Waals surface area (Å²) in [6.45, 7) is 8.65. The molecule has 1 aromatic heterocycles.